The van der Waals surface area contributed by atoms with Crippen LogP contribution in [-0.2, 0) is 16.0 Å². The summed E-state index contributed by atoms with van der Waals surface area (Å²) in [6.07, 6.45) is 3.86. The lowest BCUT2D eigenvalue weighted by molar-refractivity contribution is -0.118. The van der Waals surface area contributed by atoms with E-state index in [4.69, 9.17) is 11.6 Å². The molecule has 1 unspecified atom stereocenters. The first-order chi connectivity index (χ1) is 12.5. The third-order valence-electron chi connectivity index (χ3n) is 4.48. The lowest BCUT2D eigenvalue weighted by Crippen LogP contribution is -2.26. The van der Waals surface area contributed by atoms with E-state index in [0.29, 0.717) is 33.5 Å². The van der Waals surface area contributed by atoms with Gasteiger partial charge in [0, 0.05) is 28.7 Å². The van der Waals surface area contributed by atoms with Gasteiger partial charge in [0.15, 0.2) is 0 Å². The van der Waals surface area contributed by atoms with Crippen molar-refractivity contribution in [2.24, 2.45) is 15.9 Å². The first kappa shape index (κ1) is 17.1. The quantitative estimate of drug-likeness (QED) is 0.846. The van der Waals surface area contributed by atoms with Crippen molar-refractivity contribution in [2.45, 2.75) is 13.3 Å². The van der Waals surface area contributed by atoms with Gasteiger partial charge in [-0.3, -0.25) is 9.59 Å². The van der Waals surface area contributed by atoms with Crippen LogP contribution in [0.25, 0.3) is 10.9 Å². The summed E-state index contributed by atoms with van der Waals surface area (Å²) in [5.74, 6) is -0.949. The number of carbonyl (C=O) groups is 2. The second kappa shape index (κ2) is 6.74. The van der Waals surface area contributed by atoms with Crippen molar-refractivity contribution in [3.63, 3.8) is 0 Å². The van der Waals surface area contributed by atoms with Crippen molar-refractivity contribution in [1.29, 1.82) is 0 Å². The average Bonchev–Trinajstić information content (AvgIpc) is 3.17. The fourth-order valence-electron chi connectivity index (χ4n) is 3.14. The second-order valence-electron chi connectivity index (χ2n) is 6.11. The van der Waals surface area contributed by atoms with Gasteiger partial charge >= 0.3 is 0 Å². The summed E-state index contributed by atoms with van der Waals surface area (Å²) in [6, 6.07) is 5.69. The number of nitrogens with zero attached hydrogens (tertiary/aromatic N) is 2. The van der Waals surface area contributed by atoms with Gasteiger partial charge in [0.1, 0.15) is 12.3 Å². The largest absolute Gasteiger partial charge is 0.361 e. The normalized spacial score (nSPS) is 19.1. The van der Waals surface area contributed by atoms with Gasteiger partial charge in [-0.1, -0.05) is 23.4 Å². The molecule has 1 aromatic carbocycles. The number of aromatic amines is 1. The number of nitrogens with one attached hydrogen (secondary N) is 2. The molecule has 2 aliphatic heterocycles. The fraction of sp³-hybridized carbons (Fsp3) is 0.222. The Morgan fingerprint density at radius 1 is 1.42 bits per heavy atom. The fourth-order valence-corrected chi connectivity index (χ4v) is 4.46. The first-order valence-corrected chi connectivity index (χ1v) is 9.30. The number of benzene rings is 1. The summed E-state index contributed by atoms with van der Waals surface area (Å²) in [5, 5.41) is 5.29. The molecule has 1 atom stereocenters. The molecule has 26 heavy (non-hydrogen) atoms. The summed E-state index contributed by atoms with van der Waals surface area (Å²) in [7, 11) is 0. The van der Waals surface area contributed by atoms with Gasteiger partial charge in [0.05, 0.1) is 9.95 Å². The number of fused-ring (bicyclic) bond motifs is 2. The van der Waals surface area contributed by atoms with Gasteiger partial charge in [-0.2, -0.15) is 0 Å². The van der Waals surface area contributed by atoms with Gasteiger partial charge in [-0.05, 0) is 42.7 Å². The maximum absolute atomic E-state index is 12.5. The number of carbonyl (C=O) groups excluding carboxylic acids is 2. The minimum Gasteiger partial charge on any atom is -0.361 e. The molecule has 6 nitrogen and oxygen atoms in total. The minimum absolute atomic E-state index is 0.185. The highest BCUT2D eigenvalue weighted by atomic mass is 35.5. The molecule has 0 saturated heterocycles. The molecule has 0 bridgehead atoms. The number of thioether (sulfide) groups is 1. The molecule has 0 saturated carbocycles. The zero-order chi connectivity index (χ0) is 18.3. The highest BCUT2D eigenvalue weighted by molar-refractivity contribution is 8.18. The predicted octanol–water partition coefficient (Wildman–Crippen LogP) is 3.08. The van der Waals surface area contributed by atoms with Gasteiger partial charge < -0.3 is 10.3 Å². The highest BCUT2D eigenvalue weighted by Gasteiger charge is 2.38. The van der Waals surface area contributed by atoms with Crippen molar-refractivity contribution in [1.82, 2.24) is 10.3 Å². The third kappa shape index (κ3) is 2.97. The van der Waals surface area contributed by atoms with Crippen LogP contribution in [0.2, 0.25) is 5.02 Å². The van der Waals surface area contributed by atoms with Crippen LogP contribution in [0.5, 0.6) is 0 Å². The molecular formula is C18H15ClN4O2S. The Bertz CT molecular complexity index is 1020. The summed E-state index contributed by atoms with van der Waals surface area (Å²) in [5.41, 5.74) is 2.82. The van der Waals surface area contributed by atoms with E-state index < -0.39 is 5.92 Å². The summed E-state index contributed by atoms with van der Waals surface area (Å²) >= 11 is 7.31. The van der Waals surface area contributed by atoms with Gasteiger partial charge in [0.2, 0.25) is 0 Å². The van der Waals surface area contributed by atoms with Crippen LogP contribution in [0.15, 0.2) is 44.9 Å². The maximum atomic E-state index is 12.5. The number of hydrogen-bond acceptors (Lipinski definition) is 4. The molecule has 4 rings (SSSR count). The van der Waals surface area contributed by atoms with E-state index in [-0.39, 0.29) is 11.8 Å². The van der Waals surface area contributed by atoms with Crippen LogP contribution >= 0.6 is 23.4 Å². The van der Waals surface area contributed by atoms with E-state index in [9.17, 15) is 9.59 Å². The van der Waals surface area contributed by atoms with Crippen LogP contribution < -0.4 is 5.32 Å². The Balaban J connectivity index is 1.43. The minimum atomic E-state index is -0.499. The first-order valence-electron chi connectivity index (χ1n) is 8.11. The lowest BCUT2D eigenvalue weighted by atomic mass is 10.00. The third-order valence-corrected chi connectivity index (χ3v) is 5.97. The van der Waals surface area contributed by atoms with E-state index in [0.717, 1.165) is 16.5 Å². The molecular weight excluding hydrogens is 372 g/mol. The number of rotatable bonds is 4. The van der Waals surface area contributed by atoms with Gasteiger partial charge in [-0.25, -0.2) is 9.98 Å². The summed E-state index contributed by atoms with van der Waals surface area (Å²) in [4.78, 5) is 36.0. The molecule has 1 aromatic heterocycles. The molecule has 2 aromatic rings. The molecule has 132 valence electrons. The zero-order valence-corrected chi connectivity index (χ0v) is 15.4. The van der Waals surface area contributed by atoms with E-state index in [1.165, 1.54) is 18.1 Å². The second-order valence-corrected chi connectivity index (χ2v) is 7.57. The number of aliphatic imine (C=N–C) groups is 2. The zero-order valence-electron chi connectivity index (χ0n) is 13.9. The van der Waals surface area contributed by atoms with Crippen LogP contribution in [0.3, 0.4) is 0 Å². The van der Waals surface area contributed by atoms with Crippen LogP contribution in [0.1, 0.15) is 12.5 Å². The molecule has 0 spiro atoms. The van der Waals surface area contributed by atoms with Gasteiger partial charge in [-0.15, -0.1) is 0 Å². The number of hydrogen-bond donors (Lipinski definition) is 2. The smallest absolute Gasteiger partial charge is 0.261 e. The molecule has 8 heteroatoms. The Hall–Kier alpha value is -2.38. The summed E-state index contributed by atoms with van der Waals surface area (Å²) in [6.45, 7) is 2.27. The lowest BCUT2D eigenvalue weighted by Gasteiger charge is -2.09. The maximum Gasteiger partial charge on any atom is 0.261 e. The number of aromatic nitrogens is 1. The van der Waals surface area contributed by atoms with E-state index in [2.05, 4.69) is 20.3 Å². The molecule has 3 heterocycles. The van der Waals surface area contributed by atoms with Crippen molar-refractivity contribution in [2.75, 3.05) is 6.54 Å². The molecule has 0 fully saturated rings. The average molecular weight is 387 g/mol. The Labute approximate surface area is 158 Å². The van der Waals surface area contributed by atoms with Crippen LogP contribution in [0, 0.1) is 5.92 Å². The van der Waals surface area contributed by atoms with E-state index >= 15 is 0 Å². The Morgan fingerprint density at radius 3 is 3.08 bits per heavy atom. The standard InChI is InChI=1S/C18H15ClN4O2S/c1-9-14-16(24)22-8-23-18(14)26-15(9)17(25)20-5-4-10-7-21-13-3-2-11(19)6-12(10)13/h2-3,6-8,14,21H,4-5H2,1H3,(H,20,25). The van der Waals surface area contributed by atoms with Crippen molar-refractivity contribution < 1.29 is 9.59 Å². The van der Waals surface area contributed by atoms with Gasteiger partial charge in [0.25, 0.3) is 11.8 Å². The number of H-pyrrole nitrogens is 1. The number of halogens is 1. The summed E-state index contributed by atoms with van der Waals surface area (Å²) < 4.78 is 0. The molecule has 0 aliphatic carbocycles. The SMILES string of the molecule is CC1=C(C(=O)NCCc2c[nH]c3ccc(Cl)cc23)SC2=NC=NC(=O)C21. The highest BCUT2D eigenvalue weighted by Crippen LogP contribution is 2.39. The Morgan fingerprint density at radius 2 is 2.27 bits per heavy atom. The molecule has 2 amide bonds. The van der Waals surface area contributed by atoms with E-state index in [1.807, 2.05) is 24.4 Å². The number of amides is 2. The van der Waals surface area contributed by atoms with Crippen molar-refractivity contribution >= 4 is 57.5 Å². The predicted molar refractivity (Wildman–Crippen MR) is 105 cm³/mol. The molecule has 2 N–H and O–H groups in total. The Kier molecular flexibility index (Phi) is 4.42. The molecule has 2 aliphatic rings. The topological polar surface area (TPSA) is 86.7 Å². The van der Waals surface area contributed by atoms with E-state index in [1.54, 1.807) is 6.92 Å². The molecule has 0 radical (unpaired) electrons. The van der Waals surface area contributed by atoms with Crippen molar-refractivity contribution in [3.05, 3.63) is 45.5 Å². The van der Waals surface area contributed by atoms with Crippen LogP contribution in [0.4, 0.5) is 0 Å². The monoisotopic (exact) mass is 386 g/mol. The van der Waals surface area contributed by atoms with Crippen molar-refractivity contribution in [3.8, 4) is 0 Å². The van der Waals surface area contributed by atoms with Crippen LogP contribution in [-0.4, -0.2) is 34.7 Å².